The first-order valence-corrected chi connectivity index (χ1v) is 11.5. The van der Waals surface area contributed by atoms with Gasteiger partial charge in [-0.3, -0.25) is 9.80 Å². The second kappa shape index (κ2) is 13.9. The van der Waals surface area contributed by atoms with E-state index < -0.39 is 0 Å². The van der Waals surface area contributed by atoms with E-state index in [0.717, 1.165) is 35.6 Å². The van der Waals surface area contributed by atoms with Gasteiger partial charge >= 0.3 is 68.9 Å². The maximum absolute atomic E-state index is 9.59. The van der Waals surface area contributed by atoms with Crippen molar-refractivity contribution in [2.45, 2.75) is 61.0 Å². The van der Waals surface area contributed by atoms with Crippen molar-refractivity contribution in [1.82, 2.24) is 14.8 Å². The van der Waals surface area contributed by atoms with Crippen molar-refractivity contribution in [2.75, 3.05) is 26.2 Å². The van der Waals surface area contributed by atoms with Crippen molar-refractivity contribution >= 4 is 11.8 Å². The zero-order valence-corrected chi connectivity index (χ0v) is 25.7. The Balaban J connectivity index is 0.00000160. The Morgan fingerprint density at radius 3 is 2.33 bits per heavy atom. The number of piperazine rings is 1. The fourth-order valence-electron chi connectivity index (χ4n) is 4.40. The molecule has 0 spiro atoms. The van der Waals surface area contributed by atoms with Gasteiger partial charge in [-0.1, -0.05) is 49.6 Å². The summed E-state index contributed by atoms with van der Waals surface area (Å²) in [6.45, 7) is 5.74. The molecule has 1 aliphatic heterocycles. The average molecular weight is 546 g/mol. The Bertz CT molecular complexity index is 742. The van der Waals surface area contributed by atoms with E-state index in [1.54, 1.807) is 23.9 Å². The van der Waals surface area contributed by atoms with Crippen LogP contribution < -0.4 is 68.9 Å². The molecule has 2 aliphatic rings. The fraction of sp³-hybridized carbons (Fsp3) is 0.500. The topological polar surface area (TPSA) is 39.6 Å². The summed E-state index contributed by atoms with van der Waals surface area (Å²) < 4.78 is 0. The molecule has 2 aromatic rings. The molecule has 30 heavy (non-hydrogen) atoms. The van der Waals surface area contributed by atoms with Crippen molar-refractivity contribution in [3.8, 4) is 5.75 Å². The zero-order valence-electron chi connectivity index (χ0n) is 18.6. The van der Waals surface area contributed by atoms with E-state index in [1.807, 2.05) is 18.3 Å². The molecule has 1 aromatic carbocycles. The molecule has 6 heteroatoms. The van der Waals surface area contributed by atoms with E-state index in [0.29, 0.717) is 5.75 Å². The number of phenolic OH excluding ortho intramolecular Hbond substituents is 1. The molecule has 1 saturated heterocycles. The summed E-state index contributed by atoms with van der Waals surface area (Å²) in [5.41, 5.74) is 1.28. The summed E-state index contributed by atoms with van der Waals surface area (Å²) in [5.74, 6) is 0.296. The fourth-order valence-corrected chi connectivity index (χ4v) is 5.21. The number of hydrogen-bond acceptors (Lipinski definition) is 5. The minimum atomic E-state index is 0. The molecule has 0 amide bonds. The van der Waals surface area contributed by atoms with Crippen LogP contribution in [0.4, 0.5) is 0 Å². The van der Waals surface area contributed by atoms with E-state index in [2.05, 4.69) is 26.9 Å². The molecular formula is C24H34CsN3OS. The number of rotatable bonds is 5. The minimum Gasteiger partial charge on any atom is -0.508 e. The molecule has 1 N–H and O–H groups in total. The minimum absolute atomic E-state index is 0. The largest absolute Gasteiger partial charge is 1.00 e. The van der Waals surface area contributed by atoms with Gasteiger partial charge in [0.2, 0.25) is 0 Å². The molecule has 0 unspecified atom stereocenters. The standard InChI is InChI=1S/C23H31N3OS.CH3.Cs/c27-21-8-5-9-22(16-21)28-23-11-10-19(17-24-23)18-25-12-14-26(15-13-25)20-6-3-1-2-4-7-20;;/h5,8-11,16-17,20,27H,1-4,6-7,12-15,18H2;1H3;/q;-1;+1. The van der Waals surface area contributed by atoms with Gasteiger partial charge in [0, 0.05) is 49.9 Å². The van der Waals surface area contributed by atoms with Gasteiger partial charge in [0.25, 0.3) is 0 Å². The second-order valence-corrected chi connectivity index (χ2v) is 9.16. The van der Waals surface area contributed by atoms with Crippen LogP contribution in [0.25, 0.3) is 0 Å². The third kappa shape index (κ3) is 8.12. The van der Waals surface area contributed by atoms with Gasteiger partial charge in [-0.25, -0.2) is 4.98 Å². The number of pyridine rings is 1. The zero-order chi connectivity index (χ0) is 19.2. The van der Waals surface area contributed by atoms with Crippen LogP contribution in [-0.4, -0.2) is 52.1 Å². The van der Waals surface area contributed by atoms with Crippen LogP contribution in [0.15, 0.2) is 52.5 Å². The van der Waals surface area contributed by atoms with Crippen molar-refractivity contribution in [1.29, 1.82) is 0 Å². The van der Waals surface area contributed by atoms with Crippen LogP contribution in [0.5, 0.6) is 5.75 Å². The van der Waals surface area contributed by atoms with Gasteiger partial charge in [0.05, 0.1) is 0 Å². The molecule has 0 radical (unpaired) electrons. The maximum atomic E-state index is 9.59. The molecule has 4 rings (SSSR count). The summed E-state index contributed by atoms with van der Waals surface area (Å²) in [6, 6.07) is 12.4. The number of nitrogens with zero attached hydrogens (tertiary/aromatic N) is 3. The van der Waals surface area contributed by atoms with Gasteiger partial charge in [-0.05, 0) is 42.7 Å². The van der Waals surface area contributed by atoms with Crippen LogP contribution in [0.1, 0.15) is 44.1 Å². The molecule has 158 valence electrons. The van der Waals surface area contributed by atoms with E-state index in [1.165, 1.54) is 57.2 Å². The molecule has 2 heterocycles. The predicted octanol–water partition coefficient (Wildman–Crippen LogP) is 2.23. The van der Waals surface area contributed by atoms with E-state index >= 15 is 0 Å². The molecular weight excluding hydrogens is 511 g/mol. The molecule has 4 nitrogen and oxygen atoms in total. The quantitative estimate of drug-likeness (QED) is 0.461. The molecule has 1 saturated carbocycles. The number of benzene rings is 1. The van der Waals surface area contributed by atoms with Crippen LogP contribution in [0.2, 0.25) is 0 Å². The van der Waals surface area contributed by atoms with Crippen molar-refractivity contribution in [3.63, 3.8) is 0 Å². The monoisotopic (exact) mass is 545 g/mol. The third-order valence-electron chi connectivity index (χ3n) is 5.99. The summed E-state index contributed by atoms with van der Waals surface area (Å²) in [6.07, 6.45) is 10.5. The maximum Gasteiger partial charge on any atom is 1.00 e. The van der Waals surface area contributed by atoms with E-state index in [-0.39, 0.29) is 76.3 Å². The van der Waals surface area contributed by atoms with Gasteiger partial charge in [-0.15, -0.1) is 0 Å². The summed E-state index contributed by atoms with van der Waals surface area (Å²) in [4.78, 5) is 10.9. The van der Waals surface area contributed by atoms with Gasteiger partial charge < -0.3 is 12.5 Å². The number of hydrogen-bond donors (Lipinski definition) is 1. The van der Waals surface area contributed by atoms with Crippen molar-refractivity contribution in [3.05, 3.63) is 55.6 Å². The van der Waals surface area contributed by atoms with Crippen molar-refractivity contribution < 1.29 is 74.0 Å². The smallest absolute Gasteiger partial charge is 0.508 e. The Kier molecular flexibility index (Phi) is 12.4. The molecule has 0 atom stereocenters. The SMILES string of the molecule is Oc1cccc(Sc2ccc(CN3CCN(C4CCCCCC4)CC3)cn2)c1.[CH3-].[Cs+]. The normalized spacial score (nSPS) is 18.8. The summed E-state index contributed by atoms with van der Waals surface area (Å²) >= 11 is 1.58. The first-order chi connectivity index (χ1) is 13.8. The summed E-state index contributed by atoms with van der Waals surface area (Å²) in [5, 5.41) is 10.6. The average Bonchev–Trinajstić information content (AvgIpc) is 3.00. The second-order valence-electron chi connectivity index (χ2n) is 8.06. The Labute approximate surface area is 245 Å². The third-order valence-corrected chi connectivity index (χ3v) is 6.93. The van der Waals surface area contributed by atoms with Crippen LogP contribution in [0.3, 0.4) is 0 Å². The van der Waals surface area contributed by atoms with Crippen LogP contribution in [-0.2, 0) is 6.54 Å². The number of aromatic nitrogens is 1. The first kappa shape index (κ1) is 26.7. The van der Waals surface area contributed by atoms with Gasteiger partial charge in [0.15, 0.2) is 0 Å². The van der Waals surface area contributed by atoms with Crippen LogP contribution in [0, 0.1) is 7.43 Å². The predicted molar refractivity (Wildman–Crippen MR) is 121 cm³/mol. The van der Waals surface area contributed by atoms with Crippen LogP contribution >= 0.6 is 11.8 Å². The Hall–Kier alpha value is 0.492. The number of aromatic hydroxyl groups is 1. The number of phenols is 1. The Morgan fingerprint density at radius 1 is 0.967 bits per heavy atom. The summed E-state index contributed by atoms with van der Waals surface area (Å²) in [7, 11) is 0. The molecule has 1 aliphatic carbocycles. The van der Waals surface area contributed by atoms with Gasteiger partial charge in [-0.2, -0.15) is 0 Å². The molecule has 2 fully saturated rings. The van der Waals surface area contributed by atoms with Gasteiger partial charge in [0.1, 0.15) is 10.8 Å². The Morgan fingerprint density at radius 2 is 1.70 bits per heavy atom. The van der Waals surface area contributed by atoms with E-state index in [9.17, 15) is 5.11 Å². The van der Waals surface area contributed by atoms with Crippen molar-refractivity contribution in [2.24, 2.45) is 0 Å². The van der Waals surface area contributed by atoms with E-state index in [4.69, 9.17) is 0 Å². The molecule has 0 bridgehead atoms. The molecule has 1 aromatic heterocycles. The first-order valence-electron chi connectivity index (χ1n) is 10.6.